The molecule has 1 aromatic carbocycles. The van der Waals surface area contributed by atoms with Crippen LogP contribution in [0.3, 0.4) is 0 Å². The second kappa shape index (κ2) is 5.32. The molecule has 0 aliphatic heterocycles. The molecule has 2 N–H and O–H groups in total. The summed E-state index contributed by atoms with van der Waals surface area (Å²) in [7, 11) is 0. The van der Waals surface area contributed by atoms with Crippen LogP contribution in [0.15, 0.2) is 24.3 Å². The van der Waals surface area contributed by atoms with Gasteiger partial charge in [0, 0.05) is 19.0 Å². The molecule has 3 nitrogen and oxygen atoms in total. The minimum absolute atomic E-state index is 0.382. The first-order chi connectivity index (χ1) is 8.31. The Hall–Kier alpha value is -1.35. The molecule has 0 aliphatic carbocycles. The highest BCUT2D eigenvalue weighted by atomic mass is 15.1. The number of nitrogens with zero attached hydrogens (tertiary/aromatic N) is 2. The van der Waals surface area contributed by atoms with Crippen molar-refractivity contribution >= 4 is 11.0 Å². The van der Waals surface area contributed by atoms with Crippen molar-refractivity contribution in [1.29, 1.82) is 0 Å². The molecule has 0 saturated carbocycles. The van der Waals surface area contributed by atoms with E-state index in [0.29, 0.717) is 12.5 Å². The van der Waals surface area contributed by atoms with Crippen LogP contribution in [0, 0.1) is 0 Å². The second-order valence-corrected chi connectivity index (χ2v) is 4.42. The normalized spacial score (nSPS) is 13.1. The molecule has 2 rings (SSSR count). The third kappa shape index (κ3) is 2.20. The highest BCUT2D eigenvalue weighted by Crippen LogP contribution is 2.24. The lowest BCUT2D eigenvalue weighted by Crippen LogP contribution is -2.17. The first-order valence-corrected chi connectivity index (χ1v) is 6.47. The number of aromatic nitrogens is 2. The molecule has 3 heteroatoms. The Labute approximate surface area is 103 Å². The van der Waals surface area contributed by atoms with Crippen LogP contribution >= 0.6 is 0 Å². The molecule has 1 atom stereocenters. The maximum atomic E-state index is 5.88. The lowest BCUT2D eigenvalue weighted by atomic mass is 10.0. The standard InChI is InChI=1S/C14H21N3/c1-3-7-11(10-15)14-16-12-8-5-6-9-13(12)17(14)4-2/h5-6,8-9,11H,3-4,7,10,15H2,1-2H3. The molecular formula is C14H21N3. The van der Waals surface area contributed by atoms with E-state index in [4.69, 9.17) is 10.7 Å². The fourth-order valence-electron chi connectivity index (χ4n) is 2.44. The van der Waals surface area contributed by atoms with Gasteiger partial charge in [-0.25, -0.2) is 4.98 Å². The molecule has 1 unspecified atom stereocenters. The molecule has 1 heterocycles. The Morgan fingerprint density at radius 1 is 1.29 bits per heavy atom. The number of hydrogen-bond donors (Lipinski definition) is 1. The number of hydrogen-bond acceptors (Lipinski definition) is 2. The van der Waals surface area contributed by atoms with Crippen molar-refractivity contribution in [3.63, 3.8) is 0 Å². The van der Waals surface area contributed by atoms with E-state index in [-0.39, 0.29) is 0 Å². The molecule has 0 bridgehead atoms. The summed E-state index contributed by atoms with van der Waals surface area (Å²) in [4.78, 5) is 4.76. The van der Waals surface area contributed by atoms with Gasteiger partial charge in [-0.2, -0.15) is 0 Å². The molecular weight excluding hydrogens is 210 g/mol. The van der Waals surface area contributed by atoms with Crippen LogP contribution in [-0.2, 0) is 6.54 Å². The van der Waals surface area contributed by atoms with Crippen LogP contribution in [-0.4, -0.2) is 16.1 Å². The van der Waals surface area contributed by atoms with Crippen LogP contribution in [0.5, 0.6) is 0 Å². The van der Waals surface area contributed by atoms with E-state index in [1.165, 1.54) is 5.52 Å². The van der Waals surface area contributed by atoms with Crippen molar-refractivity contribution in [2.45, 2.75) is 39.2 Å². The van der Waals surface area contributed by atoms with Crippen LogP contribution in [0.2, 0.25) is 0 Å². The molecule has 92 valence electrons. The van der Waals surface area contributed by atoms with Gasteiger partial charge in [0.25, 0.3) is 0 Å². The number of para-hydroxylation sites is 2. The van der Waals surface area contributed by atoms with Crippen molar-refractivity contribution in [1.82, 2.24) is 9.55 Å². The van der Waals surface area contributed by atoms with Crippen LogP contribution < -0.4 is 5.73 Å². The van der Waals surface area contributed by atoms with Gasteiger partial charge in [-0.1, -0.05) is 25.5 Å². The highest BCUT2D eigenvalue weighted by Gasteiger charge is 2.17. The van der Waals surface area contributed by atoms with Crippen molar-refractivity contribution in [3.8, 4) is 0 Å². The van der Waals surface area contributed by atoms with Gasteiger partial charge < -0.3 is 10.3 Å². The fourth-order valence-corrected chi connectivity index (χ4v) is 2.44. The minimum atomic E-state index is 0.382. The zero-order chi connectivity index (χ0) is 12.3. The van der Waals surface area contributed by atoms with E-state index in [9.17, 15) is 0 Å². The molecule has 0 fully saturated rings. The molecule has 0 aliphatic rings. The monoisotopic (exact) mass is 231 g/mol. The van der Waals surface area contributed by atoms with Gasteiger partial charge in [0.15, 0.2) is 0 Å². The third-order valence-electron chi connectivity index (χ3n) is 3.29. The molecule has 2 aromatic rings. The van der Waals surface area contributed by atoms with Crippen molar-refractivity contribution in [2.24, 2.45) is 5.73 Å². The van der Waals surface area contributed by atoms with Gasteiger partial charge in [-0.05, 0) is 25.5 Å². The zero-order valence-corrected chi connectivity index (χ0v) is 10.7. The Bertz CT molecular complexity index is 487. The maximum Gasteiger partial charge on any atom is 0.114 e. The Kier molecular flexibility index (Phi) is 3.79. The first kappa shape index (κ1) is 12.1. The maximum absolute atomic E-state index is 5.88. The van der Waals surface area contributed by atoms with Gasteiger partial charge in [-0.15, -0.1) is 0 Å². The molecule has 1 aromatic heterocycles. The summed E-state index contributed by atoms with van der Waals surface area (Å²) in [6.45, 7) is 5.99. The Morgan fingerprint density at radius 3 is 2.71 bits per heavy atom. The van der Waals surface area contributed by atoms with E-state index in [1.54, 1.807) is 0 Å². The largest absolute Gasteiger partial charge is 0.330 e. The van der Waals surface area contributed by atoms with Gasteiger partial charge in [0.05, 0.1) is 11.0 Å². The third-order valence-corrected chi connectivity index (χ3v) is 3.29. The van der Waals surface area contributed by atoms with Crippen LogP contribution in [0.25, 0.3) is 11.0 Å². The summed E-state index contributed by atoms with van der Waals surface area (Å²) in [5.41, 5.74) is 8.19. The summed E-state index contributed by atoms with van der Waals surface area (Å²) in [5, 5.41) is 0. The molecule has 17 heavy (non-hydrogen) atoms. The number of benzene rings is 1. The van der Waals surface area contributed by atoms with E-state index >= 15 is 0 Å². The highest BCUT2D eigenvalue weighted by molar-refractivity contribution is 5.76. The average Bonchev–Trinajstić information content (AvgIpc) is 2.74. The first-order valence-electron chi connectivity index (χ1n) is 6.47. The van der Waals surface area contributed by atoms with E-state index in [1.807, 2.05) is 6.07 Å². The lowest BCUT2D eigenvalue weighted by Gasteiger charge is -2.15. The topological polar surface area (TPSA) is 43.8 Å². The molecule has 0 amide bonds. The summed E-state index contributed by atoms with van der Waals surface area (Å²) < 4.78 is 2.29. The average molecular weight is 231 g/mol. The smallest absolute Gasteiger partial charge is 0.114 e. The SMILES string of the molecule is CCCC(CN)c1nc2ccccc2n1CC. The predicted molar refractivity (Wildman–Crippen MR) is 72.1 cm³/mol. The van der Waals surface area contributed by atoms with Crippen molar-refractivity contribution in [3.05, 3.63) is 30.1 Å². The molecule has 0 spiro atoms. The van der Waals surface area contributed by atoms with Gasteiger partial charge in [0.1, 0.15) is 5.82 Å². The summed E-state index contributed by atoms with van der Waals surface area (Å²) in [6.07, 6.45) is 2.26. The van der Waals surface area contributed by atoms with Crippen molar-refractivity contribution in [2.75, 3.05) is 6.54 Å². The van der Waals surface area contributed by atoms with Gasteiger partial charge in [0.2, 0.25) is 0 Å². The fraction of sp³-hybridized carbons (Fsp3) is 0.500. The van der Waals surface area contributed by atoms with Gasteiger partial charge in [-0.3, -0.25) is 0 Å². The summed E-state index contributed by atoms with van der Waals surface area (Å²) in [5.74, 6) is 1.53. The number of imidazole rings is 1. The molecule has 0 saturated heterocycles. The Balaban J connectivity index is 2.51. The van der Waals surface area contributed by atoms with Gasteiger partial charge >= 0.3 is 0 Å². The predicted octanol–water partition coefficient (Wildman–Crippen LogP) is 2.90. The van der Waals surface area contributed by atoms with E-state index < -0.39 is 0 Å². The van der Waals surface area contributed by atoms with Crippen LogP contribution in [0.4, 0.5) is 0 Å². The Morgan fingerprint density at radius 2 is 2.06 bits per heavy atom. The quantitative estimate of drug-likeness (QED) is 0.860. The van der Waals surface area contributed by atoms with E-state index in [2.05, 4.69) is 36.6 Å². The lowest BCUT2D eigenvalue weighted by molar-refractivity contribution is 0.557. The van der Waals surface area contributed by atoms with Crippen LogP contribution in [0.1, 0.15) is 38.4 Å². The minimum Gasteiger partial charge on any atom is -0.330 e. The number of aryl methyl sites for hydroxylation is 1. The summed E-state index contributed by atoms with van der Waals surface area (Å²) in [6, 6.07) is 8.31. The van der Waals surface area contributed by atoms with Crippen molar-refractivity contribution < 1.29 is 0 Å². The number of rotatable bonds is 5. The number of fused-ring (bicyclic) bond motifs is 1. The summed E-state index contributed by atoms with van der Waals surface area (Å²) >= 11 is 0. The second-order valence-electron chi connectivity index (χ2n) is 4.42. The zero-order valence-electron chi connectivity index (χ0n) is 10.7. The molecule has 0 radical (unpaired) electrons. The number of nitrogens with two attached hydrogens (primary N) is 1. The van der Waals surface area contributed by atoms with E-state index in [0.717, 1.165) is 30.7 Å².